The molecule has 2 N–H and O–H groups in total. The van der Waals surface area contributed by atoms with Gasteiger partial charge in [-0.2, -0.15) is 0 Å². The lowest BCUT2D eigenvalue weighted by Crippen LogP contribution is -2.58. The fraction of sp³-hybridized carbons (Fsp3) is 0.611. The summed E-state index contributed by atoms with van der Waals surface area (Å²) in [4.78, 5) is 16.8. The molecule has 1 aliphatic heterocycles. The molecule has 4 nitrogen and oxygen atoms in total. The molecule has 1 aromatic rings. The number of hydrogen-bond acceptors (Lipinski definition) is 3. The Kier molecular flexibility index (Phi) is 5.59. The Morgan fingerprint density at radius 1 is 1.27 bits per heavy atom. The largest absolute Gasteiger partial charge is 0.339 e. The minimum absolute atomic E-state index is 0.101. The van der Waals surface area contributed by atoms with Crippen molar-refractivity contribution in [2.24, 2.45) is 5.73 Å². The van der Waals surface area contributed by atoms with Crippen molar-refractivity contribution < 1.29 is 4.79 Å². The predicted octanol–water partition coefficient (Wildman–Crippen LogP) is 2.16. The molecular weight excluding hydrogens is 274 g/mol. The van der Waals surface area contributed by atoms with Gasteiger partial charge >= 0.3 is 0 Å². The number of carbonyl (C=O) groups excluding carboxylic acids is 1. The van der Waals surface area contributed by atoms with Crippen LogP contribution in [0.1, 0.15) is 37.8 Å². The molecule has 1 saturated heterocycles. The van der Waals surface area contributed by atoms with E-state index in [4.69, 9.17) is 5.73 Å². The van der Waals surface area contributed by atoms with Crippen molar-refractivity contribution in [3.63, 3.8) is 0 Å². The van der Waals surface area contributed by atoms with Crippen molar-refractivity contribution in [1.82, 2.24) is 9.80 Å². The first-order chi connectivity index (χ1) is 10.4. The van der Waals surface area contributed by atoms with Gasteiger partial charge in [0.2, 0.25) is 5.91 Å². The maximum absolute atomic E-state index is 12.5. The number of nitrogens with zero attached hydrogens (tertiary/aromatic N) is 2. The predicted molar refractivity (Wildman–Crippen MR) is 90.5 cm³/mol. The van der Waals surface area contributed by atoms with Gasteiger partial charge in [-0.1, -0.05) is 43.2 Å². The number of nitrogens with two attached hydrogens (primary N) is 1. The summed E-state index contributed by atoms with van der Waals surface area (Å²) in [6.07, 6.45) is 1.68. The van der Waals surface area contributed by atoms with Crippen molar-refractivity contribution in [2.75, 3.05) is 26.2 Å². The van der Waals surface area contributed by atoms with Crippen LogP contribution in [0.4, 0.5) is 0 Å². The van der Waals surface area contributed by atoms with Gasteiger partial charge in [0, 0.05) is 32.7 Å². The van der Waals surface area contributed by atoms with E-state index in [2.05, 4.69) is 43.0 Å². The molecule has 1 unspecified atom stereocenters. The maximum Gasteiger partial charge on any atom is 0.242 e. The Bertz CT molecular complexity index is 505. The van der Waals surface area contributed by atoms with Crippen molar-refractivity contribution in [3.8, 4) is 0 Å². The molecule has 0 saturated carbocycles. The van der Waals surface area contributed by atoms with E-state index in [1.54, 1.807) is 0 Å². The number of piperazine rings is 1. The van der Waals surface area contributed by atoms with Gasteiger partial charge in [-0.3, -0.25) is 9.69 Å². The van der Waals surface area contributed by atoms with Crippen molar-refractivity contribution in [1.29, 1.82) is 0 Å². The van der Waals surface area contributed by atoms with Gasteiger partial charge in [-0.25, -0.2) is 0 Å². The Labute approximate surface area is 134 Å². The zero-order chi connectivity index (χ0) is 16.2. The van der Waals surface area contributed by atoms with Gasteiger partial charge < -0.3 is 10.6 Å². The highest BCUT2D eigenvalue weighted by atomic mass is 16.2. The van der Waals surface area contributed by atoms with Crippen LogP contribution in [-0.4, -0.2) is 47.4 Å². The Morgan fingerprint density at radius 3 is 2.55 bits per heavy atom. The van der Waals surface area contributed by atoms with E-state index in [-0.39, 0.29) is 5.91 Å². The van der Waals surface area contributed by atoms with E-state index in [0.717, 1.165) is 45.6 Å². The van der Waals surface area contributed by atoms with E-state index < -0.39 is 5.54 Å². The average Bonchev–Trinajstić information content (AvgIpc) is 2.47. The Morgan fingerprint density at radius 2 is 1.95 bits per heavy atom. The van der Waals surface area contributed by atoms with Crippen LogP contribution < -0.4 is 5.73 Å². The van der Waals surface area contributed by atoms with Crippen LogP contribution in [-0.2, 0) is 11.3 Å². The lowest BCUT2D eigenvalue weighted by Gasteiger charge is -2.38. The summed E-state index contributed by atoms with van der Waals surface area (Å²) in [5.74, 6) is 0.101. The average molecular weight is 303 g/mol. The second kappa shape index (κ2) is 7.25. The monoisotopic (exact) mass is 303 g/mol. The van der Waals surface area contributed by atoms with Crippen LogP contribution >= 0.6 is 0 Å². The fourth-order valence-corrected chi connectivity index (χ4v) is 3.17. The lowest BCUT2D eigenvalue weighted by molar-refractivity contribution is -0.138. The van der Waals surface area contributed by atoms with Gasteiger partial charge in [0.15, 0.2) is 0 Å². The van der Waals surface area contributed by atoms with Crippen molar-refractivity contribution in [2.45, 2.75) is 45.7 Å². The van der Waals surface area contributed by atoms with E-state index in [9.17, 15) is 4.79 Å². The number of hydrogen-bond donors (Lipinski definition) is 1. The molecule has 1 aliphatic rings. The standard InChI is InChI=1S/C18H29N3O/c1-4-8-18(3,19)17(22)21-11-9-20(10-12-21)14-16-7-5-6-15(2)13-16/h5-7,13H,4,8-12,14,19H2,1-3H3. The Hall–Kier alpha value is -1.39. The van der Waals surface area contributed by atoms with Gasteiger partial charge in [-0.05, 0) is 25.8 Å². The molecule has 2 rings (SSSR count). The summed E-state index contributed by atoms with van der Waals surface area (Å²) in [5, 5.41) is 0. The Balaban J connectivity index is 1.86. The number of carbonyl (C=O) groups is 1. The van der Waals surface area contributed by atoms with Crippen LogP contribution in [0.5, 0.6) is 0 Å². The molecule has 1 amide bonds. The normalized spacial score (nSPS) is 19.0. The van der Waals surface area contributed by atoms with Crippen molar-refractivity contribution in [3.05, 3.63) is 35.4 Å². The molecule has 0 bridgehead atoms. The molecule has 1 fully saturated rings. The molecule has 22 heavy (non-hydrogen) atoms. The lowest BCUT2D eigenvalue weighted by atomic mass is 9.95. The minimum atomic E-state index is -0.715. The highest BCUT2D eigenvalue weighted by Crippen LogP contribution is 2.16. The summed E-state index contributed by atoms with van der Waals surface area (Å²) in [6, 6.07) is 8.63. The van der Waals surface area contributed by atoms with Crippen LogP contribution in [0.25, 0.3) is 0 Å². The highest BCUT2D eigenvalue weighted by molar-refractivity contribution is 5.85. The molecule has 0 aliphatic carbocycles. The maximum atomic E-state index is 12.5. The second-order valence-corrected chi connectivity index (χ2v) is 6.72. The zero-order valence-corrected chi connectivity index (χ0v) is 14.1. The summed E-state index contributed by atoms with van der Waals surface area (Å²) < 4.78 is 0. The summed E-state index contributed by atoms with van der Waals surface area (Å²) >= 11 is 0. The third-order valence-electron chi connectivity index (χ3n) is 4.41. The molecule has 1 heterocycles. The minimum Gasteiger partial charge on any atom is -0.339 e. The molecule has 0 radical (unpaired) electrons. The van der Waals surface area contributed by atoms with Crippen LogP contribution in [0.3, 0.4) is 0 Å². The third-order valence-corrected chi connectivity index (χ3v) is 4.41. The third kappa shape index (κ3) is 4.31. The van der Waals surface area contributed by atoms with Crippen LogP contribution in [0.15, 0.2) is 24.3 Å². The van der Waals surface area contributed by atoms with Gasteiger partial charge in [0.1, 0.15) is 0 Å². The SMILES string of the molecule is CCCC(C)(N)C(=O)N1CCN(Cc2cccc(C)c2)CC1. The molecular formula is C18H29N3O. The van der Waals surface area contributed by atoms with Gasteiger partial charge in [0.25, 0.3) is 0 Å². The highest BCUT2D eigenvalue weighted by Gasteiger charge is 2.33. The summed E-state index contributed by atoms with van der Waals surface area (Å²) in [7, 11) is 0. The molecule has 1 atom stereocenters. The first kappa shape index (κ1) is 17.0. The van der Waals surface area contributed by atoms with Crippen LogP contribution in [0.2, 0.25) is 0 Å². The van der Waals surface area contributed by atoms with Gasteiger partial charge in [-0.15, -0.1) is 0 Å². The number of benzene rings is 1. The molecule has 4 heteroatoms. The molecule has 0 spiro atoms. The first-order valence-corrected chi connectivity index (χ1v) is 8.28. The number of rotatable bonds is 5. The first-order valence-electron chi connectivity index (χ1n) is 8.28. The van der Waals surface area contributed by atoms with E-state index in [0.29, 0.717) is 0 Å². The number of amides is 1. The van der Waals surface area contributed by atoms with Crippen LogP contribution in [0, 0.1) is 6.92 Å². The number of aryl methyl sites for hydroxylation is 1. The summed E-state index contributed by atoms with van der Waals surface area (Å²) in [5.41, 5.74) is 8.10. The van der Waals surface area contributed by atoms with Gasteiger partial charge in [0.05, 0.1) is 5.54 Å². The molecule has 122 valence electrons. The second-order valence-electron chi connectivity index (χ2n) is 6.72. The zero-order valence-electron chi connectivity index (χ0n) is 14.1. The fourth-order valence-electron chi connectivity index (χ4n) is 3.17. The topological polar surface area (TPSA) is 49.6 Å². The molecule has 1 aromatic carbocycles. The van der Waals surface area contributed by atoms with E-state index in [1.807, 2.05) is 11.8 Å². The van der Waals surface area contributed by atoms with E-state index >= 15 is 0 Å². The van der Waals surface area contributed by atoms with E-state index in [1.165, 1.54) is 11.1 Å². The molecule has 0 aromatic heterocycles. The quantitative estimate of drug-likeness (QED) is 0.907. The smallest absolute Gasteiger partial charge is 0.242 e. The van der Waals surface area contributed by atoms with Crippen molar-refractivity contribution >= 4 is 5.91 Å². The summed E-state index contributed by atoms with van der Waals surface area (Å²) in [6.45, 7) is 10.4.